The van der Waals surface area contributed by atoms with Gasteiger partial charge in [-0.05, 0) is 0 Å². The molecule has 0 aromatic carbocycles. The standard InChI is InChI=1S/CH4O3S.Mg.2H/c2-1-5(3)4;;;/h2H,1H2,(H,3,4);;;. The summed E-state index contributed by atoms with van der Waals surface area (Å²) in [4.78, 5) is 0. The van der Waals surface area contributed by atoms with Gasteiger partial charge in [0.25, 0.3) is 0 Å². The Morgan fingerprint density at radius 2 is 1.83 bits per heavy atom. The molecule has 0 saturated carbocycles. The largest absolute Gasteiger partial charge is 0.381 e. The predicted octanol–water partition coefficient (Wildman–Crippen LogP) is -1.76. The van der Waals surface area contributed by atoms with E-state index in [-0.39, 0.29) is 23.1 Å². The maximum Gasteiger partial charge on any atom is 0.316 e. The van der Waals surface area contributed by atoms with Crippen molar-refractivity contribution in [1.82, 2.24) is 0 Å². The van der Waals surface area contributed by atoms with Gasteiger partial charge < -0.3 is 9.66 Å². The van der Waals surface area contributed by atoms with Crippen molar-refractivity contribution in [3.8, 4) is 0 Å². The Morgan fingerprint density at radius 3 is 1.83 bits per heavy atom. The molecule has 0 aliphatic heterocycles. The first-order chi connectivity index (χ1) is 2.27. The molecule has 1 unspecified atom stereocenters. The van der Waals surface area contributed by atoms with Crippen molar-refractivity contribution in [3.05, 3.63) is 0 Å². The van der Waals surface area contributed by atoms with Crippen LogP contribution in [0.25, 0.3) is 0 Å². The van der Waals surface area contributed by atoms with E-state index in [1.54, 1.807) is 0 Å². The van der Waals surface area contributed by atoms with E-state index in [0.717, 1.165) is 0 Å². The molecule has 0 amide bonds. The van der Waals surface area contributed by atoms with E-state index in [0.29, 0.717) is 0 Å². The summed E-state index contributed by atoms with van der Waals surface area (Å²) in [7, 11) is 0. The van der Waals surface area contributed by atoms with E-state index in [4.69, 9.17) is 9.66 Å². The molecule has 0 saturated heterocycles. The molecule has 0 aromatic heterocycles. The maximum atomic E-state index is 9.23. The monoisotopic (exact) mass is 122 g/mol. The van der Waals surface area contributed by atoms with Gasteiger partial charge in [0, 0.05) is 0 Å². The van der Waals surface area contributed by atoms with Crippen LogP contribution in [0.2, 0.25) is 0 Å². The molecule has 0 bridgehead atoms. The molecule has 3 nitrogen and oxygen atoms in total. The summed E-state index contributed by atoms with van der Waals surface area (Å²) in [6.45, 7) is 0. The summed E-state index contributed by atoms with van der Waals surface area (Å²) in [6, 6.07) is 0. The zero-order valence-electron chi connectivity index (χ0n) is 2.42. The molecular formula is CH6MgO3S. The lowest BCUT2D eigenvalue weighted by molar-refractivity contribution is 0.354. The average molecular weight is 122 g/mol. The molecule has 0 fully saturated rings. The van der Waals surface area contributed by atoms with Gasteiger partial charge >= 0.3 is 23.1 Å². The van der Waals surface area contributed by atoms with Crippen molar-refractivity contribution in [2.45, 2.75) is 0 Å². The second-order valence-corrected chi connectivity index (χ2v) is 1.35. The number of aliphatic hydroxyl groups is 1. The first-order valence-corrected chi connectivity index (χ1v) is 2.23. The number of rotatable bonds is 1. The van der Waals surface area contributed by atoms with Gasteiger partial charge in [-0.2, -0.15) is 0 Å². The fraction of sp³-hybridized carbons (Fsp3) is 1.00. The van der Waals surface area contributed by atoms with E-state index in [1.807, 2.05) is 0 Å². The van der Waals surface area contributed by atoms with Gasteiger partial charge in [0.2, 0.25) is 0 Å². The SMILES string of the molecule is O=S(O)CO.[MgH2]. The Kier molecular flexibility index (Phi) is 9.68. The van der Waals surface area contributed by atoms with Crippen LogP contribution in [0.15, 0.2) is 0 Å². The van der Waals surface area contributed by atoms with Crippen LogP contribution in [0.3, 0.4) is 0 Å². The summed E-state index contributed by atoms with van der Waals surface area (Å²) in [5, 5.41) is 7.59. The van der Waals surface area contributed by atoms with Crippen molar-refractivity contribution in [1.29, 1.82) is 0 Å². The fourth-order valence-corrected chi connectivity index (χ4v) is 0. The van der Waals surface area contributed by atoms with Gasteiger partial charge in [0.15, 0.2) is 11.1 Å². The van der Waals surface area contributed by atoms with E-state index in [1.165, 1.54) is 0 Å². The third-order valence-corrected chi connectivity index (χ3v) is 0.331. The minimum Gasteiger partial charge on any atom is -0.381 e. The topological polar surface area (TPSA) is 57.5 Å². The Balaban J connectivity index is 0. The zero-order chi connectivity index (χ0) is 4.28. The molecule has 1 atom stereocenters. The average Bonchev–Trinajstić information content (AvgIpc) is 1.38. The van der Waals surface area contributed by atoms with E-state index < -0.39 is 17.0 Å². The molecule has 6 heavy (non-hydrogen) atoms. The first-order valence-electron chi connectivity index (χ1n) is 0.954. The molecule has 0 radical (unpaired) electrons. The number of hydrogen-bond acceptors (Lipinski definition) is 2. The Labute approximate surface area is 54.2 Å². The lowest BCUT2D eigenvalue weighted by atomic mass is 11.7. The summed E-state index contributed by atoms with van der Waals surface area (Å²) in [5.74, 6) is -0.667. The second-order valence-electron chi connectivity index (χ2n) is 0.451. The zero-order valence-corrected chi connectivity index (χ0v) is 3.23. The lowest BCUT2D eigenvalue weighted by Crippen LogP contribution is -1.89. The molecule has 0 aliphatic rings. The minimum absolute atomic E-state index is 0. The van der Waals surface area contributed by atoms with Crippen molar-refractivity contribution in [3.63, 3.8) is 0 Å². The maximum absolute atomic E-state index is 9.23. The van der Waals surface area contributed by atoms with Crippen LogP contribution in [0.1, 0.15) is 0 Å². The van der Waals surface area contributed by atoms with Crippen LogP contribution in [0.5, 0.6) is 0 Å². The van der Waals surface area contributed by atoms with Gasteiger partial charge in [-0.25, -0.2) is 4.21 Å². The van der Waals surface area contributed by atoms with Crippen molar-refractivity contribution in [2.24, 2.45) is 0 Å². The second kappa shape index (κ2) is 5.84. The number of aliphatic hydroxyl groups excluding tert-OH is 1. The van der Waals surface area contributed by atoms with Gasteiger partial charge in [-0.15, -0.1) is 0 Å². The van der Waals surface area contributed by atoms with Gasteiger partial charge in [-0.1, -0.05) is 0 Å². The molecule has 5 heteroatoms. The number of hydrogen-bond donors (Lipinski definition) is 2. The predicted molar refractivity (Wildman–Crippen MR) is 26.4 cm³/mol. The summed E-state index contributed by atoms with van der Waals surface area (Å²) >= 11 is -2.02. The molecule has 0 heterocycles. The molecule has 0 aliphatic carbocycles. The van der Waals surface area contributed by atoms with Gasteiger partial charge in [-0.3, -0.25) is 0 Å². The Bertz CT molecular complexity index is 46.1. The quantitative estimate of drug-likeness (QED) is 0.320. The normalized spacial score (nSPS) is 12.3. The third-order valence-electron chi connectivity index (χ3n) is 0.110. The van der Waals surface area contributed by atoms with Crippen molar-refractivity contribution in [2.75, 3.05) is 5.94 Å². The van der Waals surface area contributed by atoms with Gasteiger partial charge in [0.05, 0.1) is 0 Å². The Morgan fingerprint density at radius 1 is 1.67 bits per heavy atom. The summed E-state index contributed by atoms with van der Waals surface area (Å²) < 4.78 is 16.8. The van der Waals surface area contributed by atoms with Crippen LogP contribution in [-0.4, -0.2) is 42.9 Å². The molecule has 0 aromatic rings. The first kappa shape index (κ1) is 9.96. The fourth-order valence-electron chi connectivity index (χ4n) is 0. The summed E-state index contributed by atoms with van der Waals surface area (Å²) in [5.41, 5.74) is 0. The highest BCUT2D eigenvalue weighted by atomic mass is 32.2. The highest BCUT2D eigenvalue weighted by Gasteiger charge is 1.77. The Hall–Kier alpha value is 0.836. The highest BCUT2D eigenvalue weighted by Crippen LogP contribution is 1.59. The molecule has 2 N–H and O–H groups in total. The van der Waals surface area contributed by atoms with Crippen LogP contribution in [-0.2, 0) is 11.1 Å². The lowest BCUT2D eigenvalue weighted by Gasteiger charge is -1.73. The van der Waals surface area contributed by atoms with E-state index in [2.05, 4.69) is 0 Å². The van der Waals surface area contributed by atoms with Crippen LogP contribution in [0.4, 0.5) is 0 Å². The van der Waals surface area contributed by atoms with Crippen molar-refractivity contribution >= 4 is 34.1 Å². The highest BCUT2D eigenvalue weighted by molar-refractivity contribution is 7.78. The molecule has 36 valence electrons. The molecule has 0 spiro atoms. The van der Waals surface area contributed by atoms with Crippen LogP contribution < -0.4 is 0 Å². The van der Waals surface area contributed by atoms with Crippen LogP contribution in [0, 0.1) is 0 Å². The van der Waals surface area contributed by atoms with E-state index >= 15 is 0 Å². The van der Waals surface area contributed by atoms with E-state index in [9.17, 15) is 4.21 Å². The third kappa shape index (κ3) is 8.85. The summed E-state index contributed by atoms with van der Waals surface area (Å²) in [6.07, 6.45) is 0. The van der Waals surface area contributed by atoms with Gasteiger partial charge in [0.1, 0.15) is 5.94 Å². The van der Waals surface area contributed by atoms with Crippen molar-refractivity contribution < 1.29 is 13.9 Å². The molecule has 0 rings (SSSR count). The smallest absolute Gasteiger partial charge is 0.316 e. The van der Waals surface area contributed by atoms with Crippen LogP contribution >= 0.6 is 0 Å². The molecular weight excluding hydrogens is 116 g/mol. The minimum atomic E-state index is -2.02.